The van der Waals surface area contributed by atoms with E-state index in [-0.39, 0.29) is 24.2 Å². The lowest BCUT2D eigenvalue weighted by Crippen LogP contribution is -2.43. The molecule has 94 valence electrons. The van der Waals surface area contributed by atoms with Gasteiger partial charge in [0.1, 0.15) is 6.61 Å². The Hall–Kier alpha value is -0.610. The molecule has 1 aliphatic rings. The fourth-order valence-electron chi connectivity index (χ4n) is 1.90. The molecule has 1 rings (SSSR count). The molecule has 0 heterocycles. The van der Waals surface area contributed by atoms with Crippen LogP contribution >= 0.6 is 0 Å². The summed E-state index contributed by atoms with van der Waals surface area (Å²) in [7, 11) is 0. The van der Waals surface area contributed by atoms with E-state index >= 15 is 0 Å². The van der Waals surface area contributed by atoms with Crippen LogP contribution in [0.1, 0.15) is 46.5 Å². The highest BCUT2D eigenvalue weighted by Gasteiger charge is 2.20. The molecule has 0 radical (unpaired) electrons. The van der Waals surface area contributed by atoms with Crippen molar-refractivity contribution in [3.63, 3.8) is 0 Å². The van der Waals surface area contributed by atoms with Crippen molar-refractivity contribution in [3.05, 3.63) is 0 Å². The monoisotopic (exact) mass is 228 g/mol. The number of rotatable bonds is 3. The number of hydrogen-bond donors (Lipinski definition) is 2. The first-order valence-electron chi connectivity index (χ1n) is 6.05. The number of hydrogen-bond acceptors (Lipinski definition) is 3. The van der Waals surface area contributed by atoms with Crippen LogP contribution in [0.4, 0.5) is 0 Å². The zero-order chi connectivity index (χ0) is 12.2. The van der Waals surface area contributed by atoms with Crippen LogP contribution in [0, 0.1) is 0 Å². The van der Waals surface area contributed by atoms with Crippen LogP contribution in [0.3, 0.4) is 0 Å². The van der Waals surface area contributed by atoms with Crippen molar-refractivity contribution in [1.82, 2.24) is 5.32 Å². The highest BCUT2D eigenvalue weighted by atomic mass is 16.5. The van der Waals surface area contributed by atoms with Gasteiger partial charge in [0, 0.05) is 11.6 Å². The first kappa shape index (κ1) is 13.5. The Labute approximate surface area is 97.9 Å². The molecule has 1 saturated carbocycles. The van der Waals surface area contributed by atoms with Crippen LogP contribution in [0.5, 0.6) is 0 Å². The highest BCUT2D eigenvalue weighted by Crippen LogP contribution is 2.19. The predicted molar refractivity (Wildman–Crippen MR) is 64.1 cm³/mol. The summed E-state index contributed by atoms with van der Waals surface area (Å²) in [5.74, 6) is -0.0395. The summed E-state index contributed by atoms with van der Waals surface area (Å²) in [6.45, 7) is 6.05. The highest BCUT2D eigenvalue weighted by molar-refractivity contribution is 5.77. The third-order valence-electron chi connectivity index (χ3n) is 2.68. The molecule has 0 spiro atoms. The van der Waals surface area contributed by atoms with E-state index in [1.807, 2.05) is 20.8 Å². The van der Waals surface area contributed by atoms with Crippen LogP contribution in [0.15, 0.2) is 0 Å². The molecule has 3 N–H and O–H groups in total. The quantitative estimate of drug-likeness (QED) is 0.762. The van der Waals surface area contributed by atoms with Gasteiger partial charge >= 0.3 is 0 Å². The Morgan fingerprint density at radius 3 is 2.38 bits per heavy atom. The van der Waals surface area contributed by atoms with Crippen molar-refractivity contribution in [3.8, 4) is 0 Å². The molecule has 0 unspecified atom stereocenters. The average Bonchev–Trinajstić information content (AvgIpc) is 2.14. The minimum absolute atomic E-state index is 0.0395. The first-order chi connectivity index (χ1) is 7.37. The van der Waals surface area contributed by atoms with Crippen molar-refractivity contribution < 1.29 is 9.53 Å². The molecule has 0 saturated heterocycles. The Bertz CT molecular complexity index is 228. The Balaban J connectivity index is 2.17. The molecular formula is C12H24N2O2. The van der Waals surface area contributed by atoms with E-state index < -0.39 is 0 Å². The maximum Gasteiger partial charge on any atom is 0.246 e. The molecule has 4 heteroatoms. The van der Waals surface area contributed by atoms with E-state index in [0.717, 1.165) is 25.7 Å². The molecule has 0 aromatic heterocycles. The second-order valence-corrected chi connectivity index (χ2v) is 5.65. The van der Waals surface area contributed by atoms with Gasteiger partial charge in [0.25, 0.3) is 0 Å². The Morgan fingerprint density at radius 1 is 1.31 bits per heavy atom. The molecule has 4 nitrogen and oxygen atoms in total. The average molecular weight is 228 g/mol. The van der Waals surface area contributed by atoms with Gasteiger partial charge in [-0.2, -0.15) is 0 Å². The lowest BCUT2D eigenvalue weighted by molar-refractivity contribution is -0.129. The van der Waals surface area contributed by atoms with Gasteiger partial charge in [-0.1, -0.05) is 0 Å². The van der Waals surface area contributed by atoms with E-state index in [1.165, 1.54) is 0 Å². The lowest BCUT2D eigenvalue weighted by Gasteiger charge is -2.27. The third-order valence-corrected chi connectivity index (χ3v) is 2.68. The van der Waals surface area contributed by atoms with Crippen LogP contribution in [0.25, 0.3) is 0 Å². The number of nitrogens with one attached hydrogen (secondary N) is 1. The van der Waals surface area contributed by atoms with Crippen LogP contribution < -0.4 is 11.1 Å². The number of amides is 1. The summed E-state index contributed by atoms with van der Waals surface area (Å²) in [5.41, 5.74) is 5.62. The smallest absolute Gasteiger partial charge is 0.246 e. The molecular weight excluding hydrogens is 204 g/mol. The molecule has 0 aromatic rings. The van der Waals surface area contributed by atoms with E-state index in [9.17, 15) is 4.79 Å². The van der Waals surface area contributed by atoms with Gasteiger partial charge < -0.3 is 15.8 Å². The molecule has 0 atom stereocenters. The second-order valence-electron chi connectivity index (χ2n) is 5.65. The van der Waals surface area contributed by atoms with E-state index in [4.69, 9.17) is 10.5 Å². The molecule has 0 aromatic carbocycles. The summed E-state index contributed by atoms with van der Waals surface area (Å²) >= 11 is 0. The molecule has 16 heavy (non-hydrogen) atoms. The molecule has 1 amide bonds. The second kappa shape index (κ2) is 5.64. The molecule has 1 aliphatic carbocycles. The molecule has 0 aliphatic heterocycles. The van der Waals surface area contributed by atoms with Crippen LogP contribution in [-0.4, -0.2) is 30.2 Å². The normalized spacial score (nSPS) is 26.5. The minimum atomic E-state index is -0.185. The SMILES string of the molecule is CC(C)(C)NC(=O)COC1CCC(N)CC1. The van der Waals surface area contributed by atoms with Crippen molar-refractivity contribution in [2.45, 2.75) is 64.1 Å². The maximum atomic E-state index is 11.5. The van der Waals surface area contributed by atoms with Gasteiger partial charge in [-0.25, -0.2) is 0 Å². The van der Waals surface area contributed by atoms with Gasteiger partial charge in [0.05, 0.1) is 6.10 Å². The first-order valence-corrected chi connectivity index (χ1v) is 6.05. The topological polar surface area (TPSA) is 64.3 Å². The fraction of sp³-hybridized carbons (Fsp3) is 0.917. The van der Waals surface area contributed by atoms with Crippen molar-refractivity contribution in [2.24, 2.45) is 5.73 Å². The lowest BCUT2D eigenvalue weighted by atomic mass is 9.94. The minimum Gasteiger partial charge on any atom is -0.368 e. The summed E-state index contributed by atoms with van der Waals surface area (Å²) in [6, 6.07) is 0.322. The van der Waals surface area contributed by atoms with Crippen molar-refractivity contribution in [2.75, 3.05) is 6.61 Å². The zero-order valence-electron chi connectivity index (χ0n) is 10.6. The van der Waals surface area contributed by atoms with E-state index in [0.29, 0.717) is 6.04 Å². The Morgan fingerprint density at radius 2 is 1.88 bits per heavy atom. The summed E-state index contributed by atoms with van der Waals surface area (Å²) < 4.78 is 5.57. The standard InChI is InChI=1S/C12H24N2O2/c1-12(2,3)14-11(15)8-16-10-6-4-9(13)5-7-10/h9-10H,4-8,13H2,1-3H3,(H,14,15). The molecule has 1 fully saturated rings. The summed E-state index contributed by atoms with van der Waals surface area (Å²) in [6.07, 6.45) is 4.18. The van der Waals surface area contributed by atoms with Gasteiger partial charge in [-0.05, 0) is 46.5 Å². The third kappa shape index (κ3) is 5.47. The summed E-state index contributed by atoms with van der Waals surface area (Å²) in [5, 5.41) is 2.88. The number of carbonyl (C=O) groups is 1. The van der Waals surface area contributed by atoms with Crippen molar-refractivity contribution in [1.29, 1.82) is 0 Å². The van der Waals surface area contributed by atoms with Crippen molar-refractivity contribution >= 4 is 5.91 Å². The predicted octanol–water partition coefficient (Wildman–Crippen LogP) is 1.19. The van der Waals surface area contributed by atoms with Gasteiger partial charge in [0.15, 0.2) is 0 Å². The van der Waals surface area contributed by atoms with Crippen LogP contribution in [-0.2, 0) is 9.53 Å². The number of ether oxygens (including phenoxy) is 1. The van der Waals surface area contributed by atoms with Gasteiger partial charge in [0.2, 0.25) is 5.91 Å². The van der Waals surface area contributed by atoms with E-state index in [1.54, 1.807) is 0 Å². The fourth-order valence-corrected chi connectivity index (χ4v) is 1.90. The van der Waals surface area contributed by atoms with Gasteiger partial charge in [-0.3, -0.25) is 4.79 Å². The van der Waals surface area contributed by atoms with E-state index in [2.05, 4.69) is 5.32 Å². The maximum absolute atomic E-state index is 11.5. The Kier molecular flexibility index (Phi) is 4.74. The number of carbonyl (C=O) groups excluding carboxylic acids is 1. The number of nitrogens with two attached hydrogens (primary N) is 1. The summed E-state index contributed by atoms with van der Waals surface area (Å²) in [4.78, 5) is 11.5. The largest absolute Gasteiger partial charge is 0.368 e. The van der Waals surface area contributed by atoms with Crippen LogP contribution in [0.2, 0.25) is 0 Å². The van der Waals surface area contributed by atoms with Gasteiger partial charge in [-0.15, -0.1) is 0 Å². The zero-order valence-corrected chi connectivity index (χ0v) is 10.6. The molecule has 0 bridgehead atoms.